The van der Waals surface area contributed by atoms with Crippen molar-refractivity contribution in [3.05, 3.63) is 35.4 Å². The van der Waals surface area contributed by atoms with Crippen LogP contribution in [0.3, 0.4) is 0 Å². The van der Waals surface area contributed by atoms with E-state index in [0.717, 1.165) is 32.1 Å². The molecule has 22 heavy (non-hydrogen) atoms. The third kappa shape index (κ3) is 5.59. The van der Waals surface area contributed by atoms with Gasteiger partial charge in [0, 0.05) is 6.54 Å². The van der Waals surface area contributed by atoms with Gasteiger partial charge in [-0.15, -0.1) is 12.4 Å². The molecule has 1 fully saturated rings. The standard InChI is InChI=1S/C17H26N2O2.ClH/c1-18-9-6-14-7-10-19(11-8-14)13-15-4-3-5-16(12-15)17(20)21-2;/h3-5,12,14,18H,6-11,13H2,1-2H3;1H. The summed E-state index contributed by atoms with van der Waals surface area (Å²) >= 11 is 0. The van der Waals surface area contributed by atoms with Crippen LogP contribution in [-0.4, -0.2) is 44.7 Å². The Bertz CT molecular complexity index is 460. The van der Waals surface area contributed by atoms with Crippen LogP contribution in [0.1, 0.15) is 35.2 Å². The van der Waals surface area contributed by atoms with Crippen LogP contribution in [0.2, 0.25) is 0 Å². The van der Waals surface area contributed by atoms with E-state index >= 15 is 0 Å². The lowest BCUT2D eigenvalue weighted by atomic mass is 9.93. The molecule has 5 heteroatoms. The van der Waals surface area contributed by atoms with Gasteiger partial charge >= 0.3 is 5.97 Å². The number of carbonyl (C=O) groups is 1. The Hall–Kier alpha value is -1.10. The Morgan fingerprint density at radius 3 is 2.73 bits per heavy atom. The van der Waals surface area contributed by atoms with Crippen molar-refractivity contribution in [1.29, 1.82) is 0 Å². The Morgan fingerprint density at radius 1 is 1.36 bits per heavy atom. The van der Waals surface area contributed by atoms with Gasteiger partial charge in [-0.2, -0.15) is 0 Å². The maximum atomic E-state index is 11.6. The van der Waals surface area contributed by atoms with Gasteiger partial charge in [0.15, 0.2) is 0 Å². The second-order valence-electron chi connectivity index (χ2n) is 5.80. The fraction of sp³-hybridized carbons (Fsp3) is 0.588. The van der Waals surface area contributed by atoms with Crippen LogP contribution < -0.4 is 5.32 Å². The zero-order valence-corrected chi connectivity index (χ0v) is 14.3. The number of hydrogen-bond donors (Lipinski definition) is 1. The largest absolute Gasteiger partial charge is 0.465 e. The highest BCUT2D eigenvalue weighted by atomic mass is 35.5. The lowest BCUT2D eigenvalue weighted by molar-refractivity contribution is 0.0600. The number of carbonyl (C=O) groups excluding carboxylic acids is 1. The smallest absolute Gasteiger partial charge is 0.337 e. The minimum atomic E-state index is -0.261. The second-order valence-corrected chi connectivity index (χ2v) is 5.80. The summed E-state index contributed by atoms with van der Waals surface area (Å²) in [5, 5.41) is 3.23. The molecule has 0 bridgehead atoms. The first kappa shape index (κ1) is 18.9. The normalized spacial score (nSPS) is 16.1. The summed E-state index contributed by atoms with van der Waals surface area (Å²) in [6.07, 6.45) is 3.83. The predicted molar refractivity (Wildman–Crippen MR) is 91.6 cm³/mol. The third-order valence-electron chi connectivity index (χ3n) is 4.26. The highest BCUT2D eigenvalue weighted by Crippen LogP contribution is 2.21. The molecule has 0 aromatic heterocycles. The van der Waals surface area contributed by atoms with Crippen LogP contribution in [0.15, 0.2) is 24.3 Å². The number of rotatable bonds is 6. The molecule has 1 aromatic rings. The quantitative estimate of drug-likeness (QED) is 0.816. The summed E-state index contributed by atoms with van der Waals surface area (Å²) < 4.78 is 4.77. The molecule has 0 amide bonds. The average Bonchev–Trinajstić information content (AvgIpc) is 2.53. The summed E-state index contributed by atoms with van der Waals surface area (Å²) in [5.74, 6) is 0.595. The molecular weight excluding hydrogens is 300 g/mol. The summed E-state index contributed by atoms with van der Waals surface area (Å²) in [6.45, 7) is 4.34. The van der Waals surface area contributed by atoms with Crippen LogP contribution in [0.25, 0.3) is 0 Å². The number of nitrogens with one attached hydrogen (secondary N) is 1. The van der Waals surface area contributed by atoms with Gasteiger partial charge in [0.1, 0.15) is 0 Å². The average molecular weight is 327 g/mol. The number of benzene rings is 1. The Balaban J connectivity index is 0.00000242. The molecule has 124 valence electrons. The van der Waals surface area contributed by atoms with Crippen molar-refractivity contribution in [2.45, 2.75) is 25.8 Å². The minimum absolute atomic E-state index is 0. The first-order chi connectivity index (χ1) is 10.2. The number of esters is 1. The maximum absolute atomic E-state index is 11.6. The lowest BCUT2D eigenvalue weighted by Gasteiger charge is -2.32. The molecule has 0 spiro atoms. The van der Waals surface area contributed by atoms with Crippen molar-refractivity contribution in [1.82, 2.24) is 10.2 Å². The second kappa shape index (κ2) is 9.82. The Labute approximate surface area is 139 Å². The number of halogens is 1. The van der Waals surface area contributed by atoms with E-state index in [-0.39, 0.29) is 18.4 Å². The number of piperidine rings is 1. The predicted octanol–water partition coefficient (Wildman–Crippen LogP) is 2.72. The monoisotopic (exact) mass is 326 g/mol. The Kier molecular flexibility index (Phi) is 8.46. The molecule has 0 saturated carbocycles. The van der Waals surface area contributed by atoms with E-state index < -0.39 is 0 Å². The van der Waals surface area contributed by atoms with E-state index in [1.165, 1.54) is 31.9 Å². The molecule has 0 unspecified atom stereocenters. The molecule has 4 nitrogen and oxygen atoms in total. The Morgan fingerprint density at radius 2 is 2.09 bits per heavy atom. The lowest BCUT2D eigenvalue weighted by Crippen LogP contribution is -2.34. The minimum Gasteiger partial charge on any atom is -0.465 e. The summed E-state index contributed by atoms with van der Waals surface area (Å²) in [4.78, 5) is 14.0. The molecule has 1 aromatic carbocycles. The van der Waals surface area contributed by atoms with Gasteiger partial charge in [-0.25, -0.2) is 4.79 Å². The number of methoxy groups -OCH3 is 1. The molecule has 1 heterocycles. The van der Waals surface area contributed by atoms with Crippen molar-refractivity contribution in [2.24, 2.45) is 5.92 Å². The summed E-state index contributed by atoms with van der Waals surface area (Å²) in [6, 6.07) is 7.76. The van der Waals surface area contributed by atoms with Crippen LogP contribution >= 0.6 is 12.4 Å². The fourth-order valence-electron chi connectivity index (χ4n) is 2.95. The summed E-state index contributed by atoms with van der Waals surface area (Å²) in [7, 11) is 3.44. The van der Waals surface area contributed by atoms with Crippen molar-refractivity contribution < 1.29 is 9.53 Å². The first-order valence-corrected chi connectivity index (χ1v) is 7.77. The van der Waals surface area contributed by atoms with Gasteiger partial charge in [0.05, 0.1) is 12.7 Å². The summed E-state index contributed by atoms with van der Waals surface area (Å²) in [5.41, 5.74) is 1.82. The van der Waals surface area contributed by atoms with Crippen LogP contribution in [-0.2, 0) is 11.3 Å². The first-order valence-electron chi connectivity index (χ1n) is 7.77. The van der Waals surface area contributed by atoms with Crippen LogP contribution in [0.5, 0.6) is 0 Å². The van der Waals surface area contributed by atoms with Gasteiger partial charge in [-0.1, -0.05) is 12.1 Å². The van der Waals surface area contributed by atoms with Crippen molar-refractivity contribution >= 4 is 18.4 Å². The van der Waals surface area contributed by atoms with Gasteiger partial charge in [-0.05, 0) is 69.6 Å². The molecule has 1 saturated heterocycles. The third-order valence-corrected chi connectivity index (χ3v) is 4.26. The number of nitrogens with zero attached hydrogens (tertiary/aromatic N) is 1. The van der Waals surface area contributed by atoms with Crippen LogP contribution in [0.4, 0.5) is 0 Å². The van der Waals surface area contributed by atoms with E-state index in [1.807, 2.05) is 19.2 Å². The molecular formula is C17H27ClN2O2. The van der Waals surface area contributed by atoms with Gasteiger partial charge in [0.25, 0.3) is 0 Å². The number of hydrogen-bond acceptors (Lipinski definition) is 4. The van der Waals surface area contributed by atoms with E-state index in [4.69, 9.17) is 4.74 Å². The number of likely N-dealkylation sites (tertiary alicyclic amines) is 1. The zero-order chi connectivity index (χ0) is 15.1. The van der Waals surface area contributed by atoms with E-state index in [2.05, 4.69) is 16.3 Å². The zero-order valence-electron chi connectivity index (χ0n) is 13.5. The highest BCUT2D eigenvalue weighted by molar-refractivity contribution is 5.89. The highest BCUT2D eigenvalue weighted by Gasteiger charge is 2.19. The number of ether oxygens (including phenoxy) is 1. The SMILES string of the molecule is CNCCC1CCN(Cc2cccc(C(=O)OC)c2)CC1.Cl. The van der Waals surface area contributed by atoms with E-state index in [0.29, 0.717) is 5.56 Å². The topological polar surface area (TPSA) is 41.6 Å². The molecule has 1 N–H and O–H groups in total. The van der Waals surface area contributed by atoms with E-state index in [9.17, 15) is 4.79 Å². The van der Waals surface area contributed by atoms with Crippen molar-refractivity contribution in [2.75, 3.05) is 33.8 Å². The molecule has 1 aliphatic heterocycles. The van der Waals surface area contributed by atoms with Crippen LogP contribution in [0, 0.1) is 5.92 Å². The molecule has 0 atom stereocenters. The van der Waals surface area contributed by atoms with Crippen molar-refractivity contribution in [3.63, 3.8) is 0 Å². The van der Waals surface area contributed by atoms with Gasteiger partial charge < -0.3 is 10.1 Å². The van der Waals surface area contributed by atoms with Gasteiger partial charge in [-0.3, -0.25) is 4.90 Å². The van der Waals surface area contributed by atoms with E-state index in [1.54, 1.807) is 6.07 Å². The van der Waals surface area contributed by atoms with Gasteiger partial charge in [0.2, 0.25) is 0 Å². The molecule has 0 aliphatic carbocycles. The molecule has 2 rings (SSSR count). The van der Waals surface area contributed by atoms with Crippen molar-refractivity contribution in [3.8, 4) is 0 Å². The maximum Gasteiger partial charge on any atom is 0.337 e. The fourth-order valence-corrected chi connectivity index (χ4v) is 2.95. The molecule has 0 radical (unpaired) electrons. The molecule has 1 aliphatic rings.